The number of hydrogen-bond acceptors (Lipinski definition) is 3. The van der Waals surface area contributed by atoms with Crippen molar-refractivity contribution in [1.82, 2.24) is 13.7 Å². The van der Waals surface area contributed by atoms with Gasteiger partial charge in [0.25, 0.3) is 5.56 Å². The molecule has 28 heavy (non-hydrogen) atoms. The van der Waals surface area contributed by atoms with Gasteiger partial charge < -0.3 is 9.88 Å². The first kappa shape index (κ1) is 16.6. The lowest BCUT2D eigenvalue weighted by Gasteiger charge is -2.30. The van der Waals surface area contributed by atoms with E-state index in [4.69, 9.17) is 0 Å². The van der Waals surface area contributed by atoms with E-state index in [0.717, 1.165) is 32.8 Å². The smallest absolute Gasteiger partial charge is 0.331 e. The second kappa shape index (κ2) is 5.73. The van der Waals surface area contributed by atoms with E-state index in [0.29, 0.717) is 10.9 Å². The Bertz CT molecular complexity index is 1370. The summed E-state index contributed by atoms with van der Waals surface area (Å²) in [6, 6.07) is 16.1. The third-order valence-corrected chi connectivity index (χ3v) is 5.57. The van der Waals surface area contributed by atoms with Crippen LogP contribution in [0.1, 0.15) is 22.9 Å². The van der Waals surface area contributed by atoms with Crippen LogP contribution in [0.4, 0.5) is 5.69 Å². The monoisotopic (exact) mass is 372 g/mol. The quantitative estimate of drug-likeness (QED) is 0.559. The maximum absolute atomic E-state index is 12.8. The molecule has 0 fully saturated rings. The summed E-state index contributed by atoms with van der Waals surface area (Å²) in [4.78, 5) is 25.5. The van der Waals surface area contributed by atoms with Crippen LogP contribution < -0.4 is 16.6 Å². The molecule has 6 heteroatoms. The van der Waals surface area contributed by atoms with Gasteiger partial charge in [-0.15, -0.1) is 0 Å². The number of anilines is 1. The van der Waals surface area contributed by atoms with Gasteiger partial charge in [-0.05, 0) is 24.6 Å². The van der Waals surface area contributed by atoms with Crippen LogP contribution in [0, 0.1) is 6.92 Å². The Kier molecular flexibility index (Phi) is 3.40. The van der Waals surface area contributed by atoms with Gasteiger partial charge in [0.15, 0.2) is 0 Å². The van der Waals surface area contributed by atoms with Gasteiger partial charge in [-0.25, -0.2) is 4.79 Å². The zero-order valence-electron chi connectivity index (χ0n) is 15.9. The van der Waals surface area contributed by atoms with Gasteiger partial charge in [0, 0.05) is 20.3 Å². The van der Waals surface area contributed by atoms with Crippen LogP contribution in [0.15, 0.2) is 64.3 Å². The molecule has 1 N–H and O–H groups in total. The summed E-state index contributed by atoms with van der Waals surface area (Å²) < 4.78 is 4.78. The molecule has 1 aliphatic heterocycles. The molecule has 2 aromatic heterocycles. The largest absolute Gasteiger partial charge is 0.371 e. The highest BCUT2D eigenvalue weighted by atomic mass is 16.2. The molecule has 0 amide bonds. The van der Waals surface area contributed by atoms with E-state index in [2.05, 4.69) is 30.4 Å². The highest BCUT2D eigenvalue weighted by Crippen LogP contribution is 2.40. The average Bonchev–Trinajstić information content (AvgIpc) is 3.11. The minimum absolute atomic E-state index is 0.176. The molecule has 0 saturated carbocycles. The maximum Gasteiger partial charge on any atom is 0.331 e. The Morgan fingerprint density at radius 2 is 1.75 bits per heavy atom. The number of para-hydroxylation sites is 2. The van der Waals surface area contributed by atoms with Crippen molar-refractivity contribution in [2.24, 2.45) is 14.1 Å². The highest BCUT2D eigenvalue weighted by molar-refractivity contribution is 5.86. The molecule has 140 valence electrons. The lowest BCUT2D eigenvalue weighted by Crippen LogP contribution is -2.37. The molecule has 0 unspecified atom stereocenters. The van der Waals surface area contributed by atoms with Crippen molar-refractivity contribution in [1.29, 1.82) is 0 Å². The van der Waals surface area contributed by atoms with E-state index in [1.165, 1.54) is 7.05 Å². The number of rotatable bonds is 1. The Morgan fingerprint density at radius 3 is 2.54 bits per heavy atom. The molecule has 0 bridgehead atoms. The first-order chi connectivity index (χ1) is 13.5. The van der Waals surface area contributed by atoms with Gasteiger partial charge in [-0.2, -0.15) is 0 Å². The fraction of sp³-hybridized carbons (Fsp3) is 0.182. The minimum atomic E-state index is -0.326. The molecule has 6 nitrogen and oxygen atoms in total. The van der Waals surface area contributed by atoms with E-state index in [1.807, 2.05) is 41.1 Å². The van der Waals surface area contributed by atoms with Crippen molar-refractivity contribution in [2.75, 3.05) is 5.32 Å². The lowest BCUT2D eigenvalue weighted by molar-refractivity contribution is 0.708. The highest BCUT2D eigenvalue weighted by Gasteiger charge is 2.30. The van der Waals surface area contributed by atoms with E-state index in [9.17, 15) is 9.59 Å². The zero-order chi connectivity index (χ0) is 19.6. The summed E-state index contributed by atoms with van der Waals surface area (Å²) in [5.74, 6) is 0. The van der Waals surface area contributed by atoms with Crippen LogP contribution in [-0.4, -0.2) is 13.7 Å². The van der Waals surface area contributed by atoms with Gasteiger partial charge in [0.05, 0.1) is 34.0 Å². The molecule has 0 saturated heterocycles. The Balaban J connectivity index is 1.95. The SMILES string of the molecule is Cc1cccc([C@@H]2Nc3ccccc3-n3cc4c(=O)n(C)c(=O)n(C)c4c32)c1. The van der Waals surface area contributed by atoms with Gasteiger partial charge in [0.2, 0.25) is 0 Å². The summed E-state index contributed by atoms with van der Waals surface area (Å²) in [5, 5.41) is 4.15. The summed E-state index contributed by atoms with van der Waals surface area (Å²) >= 11 is 0. The molecule has 5 rings (SSSR count). The summed E-state index contributed by atoms with van der Waals surface area (Å²) in [7, 11) is 3.24. The third kappa shape index (κ3) is 2.14. The Labute approximate surface area is 161 Å². The summed E-state index contributed by atoms with van der Waals surface area (Å²) in [6.45, 7) is 2.06. The predicted molar refractivity (Wildman–Crippen MR) is 110 cm³/mol. The predicted octanol–water partition coefficient (Wildman–Crippen LogP) is 2.85. The molecule has 0 spiro atoms. The van der Waals surface area contributed by atoms with Crippen LogP contribution in [-0.2, 0) is 14.1 Å². The van der Waals surface area contributed by atoms with Crippen LogP contribution in [0.5, 0.6) is 0 Å². The molecule has 1 atom stereocenters. The van der Waals surface area contributed by atoms with Gasteiger partial charge in [0.1, 0.15) is 0 Å². The number of aromatic nitrogens is 3. The van der Waals surface area contributed by atoms with Gasteiger partial charge in [-0.1, -0.05) is 42.0 Å². The van der Waals surface area contributed by atoms with E-state index in [1.54, 1.807) is 11.6 Å². The molecule has 0 aliphatic carbocycles. The fourth-order valence-corrected chi connectivity index (χ4v) is 4.20. The summed E-state index contributed by atoms with van der Waals surface area (Å²) in [6.07, 6.45) is 1.86. The van der Waals surface area contributed by atoms with Gasteiger partial charge in [-0.3, -0.25) is 13.9 Å². The van der Waals surface area contributed by atoms with E-state index < -0.39 is 0 Å². The molecule has 3 heterocycles. The van der Waals surface area contributed by atoms with E-state index >= 15 is 0 Å². The van der Waals surface area contributed by atoms with Crippen LogP contribution >= 0.6 is 0 Å². The third-order valence-electron chi connectivity index (χ3n) is 5.57. The molecule has 1 aliphatic rings. The number of nitrogens with one attached hydrogen (secondary N) is 1. The lowest BCUT2D eigenvalue weighted by atomic mass is 9.98. The Morgan fingerprint density at radius 1 is 0.964 bits per heavy atom. The fourth-order valence-electron chi connectivity index (χ4n) is 4.20. The van der Waals surface area contributed by atoms with Crippen LogP contribution in [0.2, 0.25) is 0 Å². The maximum atomic E-state index is 12.8. The number of benzene rings is 2. The van der Waals surface area contributed by atoms with Crippen molar-refractivity contribution < 1.29 is 0 Å². The van der Waals surface area contributed by atoms with Gasteiger partial charge >= 0.3 is 5.69 Å². The summed E-state index contributed by atoms with van der Waals surface area (Å²) in [5.41, 5.74) is 5.16. The van der Waals surface area contributed by atoms with Crippen molar-refractivity contribution in [3.8, 4) is 5.69 Å². The van der Waals surface area contributed by atoms with Crippen molar-refractivity contribution >= 4 is 16.6 Å². The van der Waals surface area contributed by atoms with Crippen LogP contribution in [0.3, 0.4) is 0 Å². The standard InChI is InChI=1S/C22H20N4O2/c1-13-7-6-8-14(11-13)18-20-19-15(21(27)25(3)22(28)24(19)2)12-26(20)17-10-5-4-9-16(17)23-18/h4-12,18,23H,1-3H3/t18-/m0/s1. The second-order valence-corrected chi connectivity index (χ2v) is 7.36. The molecular formula is C22H20N4O2. The molecule has 0 radical (unpaired) electrons. The van der Waals surface area contributed by atoms with Crippen molar-refractivity contribution in [3.05, 3.63) is 92.4 Å². The first-order valence-electron chi connectivity index (χ1n) is 9.21. The van der Waals surface area contributed by atoms with E-state index in [-0.39, 0.29) is 17.3 Å². The minimum Gasteiger partial charge on any atom is -0.371 e. The van der Waals surface area contributed by atoms with Crippen molar-refractivity contribution in [2.45, 2.75) is 13.0 Å². The van der Waals surface area contributed by atoms with Crippen LogP contribution in [0.25, 0.3) is 16.6 Å². The first-order valence-corrected chi connectivity index (χ1v) is 9.21. The molecular weight excluding hydrogens is 352 g/mol. The molecule has 2 aromatic carbocycles. The second-order valence-electron chi connectivity index (χ2n) is 7.36. The Hall–Kier alpha value is -3.54. The normalized spacial score (nSPS) is 15.2. The number of hydrogen-bond donors (Lipinski definition) is 1. The zero-order valence-corrected chi connectivity index (χ0v) is 15.9. The number of nitrogens with zero attached hydrogens (tertiary/aromatic N) is 3. The topological polar surface area (TPSA) is 61.0 Å². The average molecular weight is 372 g/mol. The van der Waals surface area contributed by atoms with Crippen molar-refractivity contribution in [3.63, 3.8) is 0 Å². The number of fused-ring (bicyclic) bond motifs is 5. The number of aryl methyl sites for hydroxylation is 2. The molecule has 4 aromatic rings.